The van der Waals surface area contributed by atoms with E-state index in [1.807, 2.05) is 24.3 Å². The van der Waals surface area contributed by atoms with Crippen molar-refractivity contribution in [3.05, 3.63) is 73.2 Å². The minimum Gasteiger partial charge on any atom is -0.324 e. The molecule has 2 N–H and O–H groups in total. The molecule has 25 heavy (non-hydrogen) atoms. The highest BCUT2D eigenvalue weighted by atomic mass is 79.9. The molecule has 126 valence electrons. The Kier molecular flexibility index (Phi) is 3.80. The number of aromatic amines is 1. The number of nitrogens with one attached hydrogen (secondary N) is 2. The maximum Gasteiger partial charge on any atom is 0.317 e. The van der Waals surface area contributed by atoms with Crippen LogP contribution in [0.5, 0.6) is 0 Å². The largest absolute Gasteiger partial charge is 0.324 e. The fourth-order valence-corrected chi connectivity index (χ4v) is 3.83. The third-order valence-corrected chi connectivity index (χ3v) is 4.86. The van der Waals surface area contributed by atoms with Crippen molar-refractivity contribution in [3.63, 3.8) is 0 Å². The van der Waals surface area contributed by atoms with E-state index in [0.29, 0.717) is 29.6 Å². The van der Waals surface area contributed by atoms with Gasteiger partial charge in [-0.15, -0.1) is 0 Å². The molecule has 0 saturated heterocycles. The molecule has 6 nitrogen and oxygen atoms in total. The van der Waals surface area contributed by atoms with Crippen molar-refractivity contribution >= 4 is 38.6 Å². The Morgan fingerprint density at radius 3 is 2.72 bits per heavy atom. The number of para-hydroxylation sites is 1. The average Bonchev–Trinajstić information content (AvgIpc) is 2.59. The molecular weight excluding hydrogens is 386 g/mol. The second kappa shape index (κ2) is 6.00. The number of halogens is 1. The molecule has 0 saturated carbocycles. The lowest BCUT2D eigenvalue weighted by Crippen LogP contribution is -2.43. The van der Waals surface area contributed by atoms with Crippen LogP contribution in [0.1, 0.15) is 18.0 Å². The Labute approximate surface area is 150 Å². The first-order valence-electron chi connectivity index (χ1n) is 7.87. The first-order chi connectivity index (χ1) is 12.0. The quantitative estimate of drug-likeness (QED) is 0.649. The molecular formula is C18H14BrN3O3. The second-order valence-corrected chi connectivity index (χ2v) is 6.92. The van der Waals surface area contributed by atoms with E-state index in [2.05, 4.69) is 26.2 Å². The van der Waals surface area contributed by atoms with E-state index in [1.165, 1.54) is 4.57 Å². The second-order valence-electron chi connectivity index (χ2n) is 6.00. The molecule has 0 spiro atoms. The minimum absolute atomic E-state index is 0.297. The predicted molar refractivity (Wildman–Crippen MR) is 99.0 cm³/mol. The van der Waals surface area contributed by atoms with Gasteiger partial charge in [0, 0.05) is 10.2 Å². The molecule has 1 aliphatic rings. The zero-order valence-corrected chi connectivity index (χ0v) is 14.7. The van der Waals surface area contributed by atoms with Gasteiger partial charge in [0.2, 0.25) is 5.91 Å². The molecule has 1 amide bonds. The highest BCUT2D eigenvalue weighted by Gasteiger charge is 2.29. The number of H-pyrrole nitrogens is 1. The van der Waals surface area contributed by atoms with Crippen LogP contribution >= 0.6 is 15.9 Å². The highest BCUT2D eigenvalue weighted by Crippen LogP contribution is 2.31. The van der Waals surface area contributed by atoms with Crippen LogP contribution in [0.25, 0.3) is 11.0 Å². The number of amides is 1. The molecule has 0 radical (unpaired) electrons. The molecule has 0 bridgehead atoms. The van der Waals surface area contributed by atoms with E-state index >= 15 is 0 Å². The van der Waals surface area contributed by atoms with Crippen molar-refractivity contribution in [2.45, 2.75) is 18.9 Å². The first-order valence-corrected chi connectivity index (χ1v) is 8.67. The van der Waals surface area contributed by atoms with Crippen LogP contribution in [0.3, 0.4) is 0 Å². The molecule has 2 aromatic carbocycles. The van der Waals surface area contributed by atoms with Crippen LogP contribution in [0.4, 0.5) is 5.69 Å². The Morgan fingerprint density at radius 1 is 1.20 bits per heavy atom. The molecule has 1 aliphatic heterocycles. The monoisotopic (exact) mass is 399 g/mol. The summed E-state index contributed by atoms with van der Waals surface area (Å²) in [7, 11) is 0. The lowest BCUT2D eigenvalue weighted by Gasteiger charge is -2.26. The van der Waals surface area contributed by atoms with Crippen molar-refractivity contribution in [1.82, 2.24) is 9.55 Å². The van der Waals surface area contributed by atoms with Crippen molar-refractivity contribution in [1.29, 1.82) is 0 Å². The number of benzene rings is 2. The topological polar surface area (TPSA) is 84.0 Å². The van der Waals surface area contributed by atoms with Crippen LogP contribution in [-0.4, -0.2) is 15.5 Å². The number of hydrogen-bond donors (Lipinski definition) is 2. The van der Waals surface area contributed by atoms with Gasteiger partial charge in [-0.3, -0.25) is 19.0 Å². The number of carbonyl (C=O) groups is 1. The maximum absolute atomic E-state index is 12.8. The van der Waals surface area contributed by atoms with Gasteiger partial charge in [0.25, 0.3) is 0 Å². The van der Waals surface area contributed by atoms with Gasteiger partial charge < -0.3 is 10.3 Å². The Hall–Kier alpha value is -2.67. The minimum atomic E-state index is -0.726. The van der Waals surface area contributed by atoms with E-state index in [4.69, 9.17) is 0 Å². The number of nitrogens with zero attached hydrogens (tertiary/aromatic N) is 1. The molecule has 2 heterocycles. The number of aromatic nitrogens is 2. The van der Waals surface area contributed by atoms with Gasteiger partial charge >= 0.3 is 11.1 Å². The summed E-state index contributed by atoms with van der Waals surface area (Å²) in [5, 5.41) is 2.82. The van der Waals surface area contributed by atoms with Crippen molar-refractivity contribution in [3.8, 4) is 0 Å². The smallest absolute Gasteiger partial charge is 0.317 e. The molecule has 7 heteroatoms. The highest BCUT2D eigenvalue weighted by molar-refractivity contribution is 9.10. The number of aryl methyl sites for hydroxylation is 1. The Balaban J connectivity index is 1.86. The van der Waals surface area contributed by atoms with E-state index in [0.717, 1.165) is 10.0 Å². The van der Waals surface area contributed by atoms with Gasteiger partial charge in [0.05, 0.1) is 11.0 Å². The van der Waals surface area contributed by atoms with E-state index in [1.54, 1.807) is 18.2 Å². The fraction of sp³-hybridized carbons (Fsp3) is 0.167. The normalized spacial score (nSPS) is 16.0. The van der Waals surface area contributed by atoms with Crippen LogP contribution < -0.4 is 16.4 Å². The van der Waals surface area contributed by atoms with Crippen LogP contribution in [0.15, 0.2) is 56.5 Å². The van der Waals surface area contributed by atoms with Crippen LogP contribution in [0, 0.1) is 0 Å². The summed E-state index contributed by atoms with van der Waals surface area (Å²) < 4.78 is 2.15. The zero-order chi connectivity index (χ0) is 17.6. The molecule has 0 aliphatic carbocycles. The van der Waals surface area contributed by atoms with Gasteiger partial charge in [0.15, 0.2) is 0 Å². The van der Waals surface area contributed by atoms with Gasteiger partial charge in [0.1, 0.15) is 6.04 Å². The lowest BCUT2D eigenvalue weighted by atomic mass is 9.97. The molecule has 1 unspecified atom stereocenters. The van der Waals surface area contributed by atoms with E-state index in [-0.39, 0.29) is 5.91 Å². The maximum atomic E-state index is 12.8. The summed E-state index contributed by atoms with van der Waals surface area (Å²) in [6.07, 6.45) is 1.11. The van der Waals surface area contributed by atoms with E-state index in [9.17, 15) is 14.4 Å². The molecule has 0 fully saturated rings. The number of carbonyl (C=O) groups excluding carboxylic acids is 1. The van der Waals surface area contributed by atoms with E-state index < -0.39 is 17.2 Å². The number of anilines is 1. The Bertz CT molecular complexity index is 1100. The van der Waals surface area contributed by atoms with Gasteiger partial charge in [-0.25, -0.2) is 0 Å². The summed E-state index contributed by atoms with van der Waals surface area (Å²) in [5.74, 6) is -0.297. The van der Waals surface area contributed by atoms with Gasteiger partial charge in [-0.05, 0) is 42.7 Å². The summed E-state index contributed by atoms with van der Waals surface area (Å²) in [5.41, 5.74) is 1.32. The predicted octanol–water partition coefficient (Wildman–Crippen LogP) is 2.58. The molecule has 1 atom stereocenters. The fourth-order valence-electron chi connectivity index (χ4n) is 3.33. The van der Waals surface area contributed by atoms with Gasteiger partial charge in [-0.1, -0.05) is 34.1 Å². The van der Waals surface area contributed by atoms with Crippen molar-refractivity contribution < 1.29 is 4.79 Å². The summed E-state index contributed by atoms with van der Waals surface area (Å²) in [6.45, 7) is 0. The first kappa shape index (κ1) is 15.8. The molecule has 1 aromatic heterocycles. The van der Waals surface area contributed by atoms with Crippen LogP contribution in [-0.2, 0) is 11.2 Å². The zero-order valence-electron chi connectivity index (χ0n) is 13.1. The molecule has 3 aromatic rings. The standard InChI is InChI=1S/C18H14BrN3O3/c19-11-8-10-6-7-14(16(23)20-12-4-2-1-3-5-12)22-15(10)13(9-11)21-17(24)18(22)25/h1-5,8-9,14H,6-7H2,(H,20,23)(H,21,24). The summed E-state index contributed by atoms with van der Waals surface area (Å²) >= 11 is 3.42. The third kappa shape index (κ3) is 2.70. The van der Waals surface area contributed by atoms with Crippen molar-refractivity contribution in [2.75, 3.05) is 5.32 Å². The summed E-state index contributed by atoms with van der Waals surface area (Å²) in [4.78, 5) is 39.9. The Morgan fingerprint density at radius 2 is 1.96 bits per heavy atom. The van der Waals surface area contributed by atoms with Crippen molar-refractivity contribution in [2.24, 2.45) is 0 Å². The number of rotatable bonds is 2. The molecule has 4 rings (SSSR count). The third-order valence-electron chi connectivity index (χ3n) is 4.40. The summed E-state index contributed by atoms with van der Waals surface area (Å²) in [6, 6.07) is 12.0. The number of hydrogen-bond acceptors (Lipinski definition) is 3. The van der Waals surface area contributed by atoms with Crippen LogP contribution in [0.2, 0.25) is 0 Å². The lowest BCUT2D eigenvalue weighted by molar-refractivity contribution is -0.119. The van der Waals surface area contributed by atoms with Gasteiger partial charge in [-0.2, -0.15) is 0 Å². The SMILES string of the molecule is O=C(Nc1ccccc1)C1CCc2cc(Br)cc3[nH]c(=O)c(=O)n1c23. The average molecular weight is 400 g/mol.